The van der Waals surface area contributed by atoms with Gasteiger partial charge in [-0.3, -0.25) is 0 Å². The maximum absolute atomic E-state index is 5.55. The Morgan fingerprint density at radius 3 is 2.69 bits per heavy atom. The van der Waals surface area contributed by atoms with Crippen LogP contribution in [0.4, 0.5) is 0 Å². The van der Waals surface area contributed by atoms with E-state index in [0.717, 1.165) is 13.0 Å². The fraction of sp³-hybridized carbons (Fsp3) is 0.455. The molecule has 0 bridgehead atoms. The molecular formula is C11H15NO. The molecule has 1 aromatic rings. The Balaban J connectivity index is 2.04. The molecule has 0 spiro atoms. The molecule has 0 saturated carbocycles. The summed E-state index contributed by atoms with van der Waals surface area (Å²) in [5.74, 6) is 0.551. The Kier molecular flexibility index (Phi) is 2.62. The van der Waals surface area contributed by atoms with Gasteiger partial charge in [0.25, 0.3) is 0 Å². The molecule has 0 aliphatic carbocycles. The van der Waals surface area contributed by atoms with E-state index >= 15 is 0 Å². The van der Waals surface area contributed by atoms with E-state index in [0.29, 0.717) is 12.5 Å². The molecule has 2 nitrogen and oxygen atoms in total. The van der Waals surface area contributed by atoms with Crippen molar-refractivity contribution in [2.24, 2.45) is 5.73 Å². The zero-order valence-electron chi connectivity index (χ0n) is 7.65. The second-order valence-corrected chi connectivity index (χ2v) is 3.53. The molecule has 0 unspecified atom stereocenters. The zero-order chi connectivity index (χ0) is 9.10. The topological polar surface area (TPSA) is 35.2 Å². The minimum Gasteiger partial charge on any atom is -0.376 e. The molecule has 1 saturated heterocycles. The third-order valence-electron chi connectivity index (χ3n) is 2.61. The molecule has 2 N–H and O–H groups in total. The zero-order valence-corrected chi connectivity index (χ0v) is 7.65. The van der Waals surface area contributed by atoms with Crippen LogP contribution in [-0.2, 0) is 4.74 Å². The van der Waals surface area contributed by atoms with Gasteiger partial charge in [0.1, 0.15) is 0 Å². The van der Waals surface area contributed by atoms with Crippen LogP contribution in [0.15, 0.2) is 30.3 Å². The van der Waals surface area contributed by atoms with Crippen molar-refractivity contribution in [3.8, 4) is 0 Å². The Bertz CT molecular complexity index is 260. The smallest absolute Gasteiger partial charge is 0.0704 e. The quantitative estimate of drug-likeness (QED) is 0.743. The van der Waals surface area contributed by atoms with Crippen molar-refractivity contribution in [1.82, 2.24) is 0 Å². The van der Waals surface area contributed by atoms with Gasteiger partial charge in [-0.2, -0.15) is 0 Å². The lowest BCUT2D eigenvalue weighted by atomic mass is 9.96. The Hall–Kier alpha value is -0.860. The van der Waals surface area contributed by atoms with Gasteiger partial charge < -0.3 is 10.5 Å². The third kappa shape index (κ3) is 1.90. The van der Waals surface area contributed by atoms with E-state index in [1.807, 2.05) is 6.07 Å². The van der Waals surface area contributed by atoms with Crippen LogP contribution in [0.5, 0.6) is 0 Å². The Labute approximate surface area is 78.7 Å². The molecule has 0 radical (unpaired) electrons. The molecule has 1 aliphatic rings. The highest BCUT2D eigenvalue weighted by molar-refractivity contribution is 5.20. The molecular weight excluding hydrogens is 162 g/mol. The fourth-order valence-electron chi connectivity index (χ4n) is 1.83. The monoisotopic (exact) mass is 177 g/mol. The van der Waals surface area contributed by atoms with Crippen LogP contribution in [0.3, 0.4) is 0 Å². The number of rotatable bonds is 2. The molecule has 2 rings (SSSR count). The average molecular weight is 177 g/mol. The highest BCUT2D eigenvalue weighted by Gasteiger charge is 2.25. The lowest BCUT2D eigenvalue weighted by molar-refractivity contribution is 0.116. The van der Waals surface area contributed by atoms with Crippen molar-refractivity contribution >= 4 is 0 Å². The Morgan fingerprint density at radius 1 is 1.31 bits per heavy atom. The van der Waals surface area contributed by atoms with Crippen LogP contribution in [0.2, 0.25) is 0 Å². The van der Waals surface area contributed by atoms with E-state index in [9.17, 15) is 0 Å². The maximum Gasteiger partial charge on any atom is 0.0704 e. The van der Waals surface area contributed by atoms with Crippen LogP contribution < -0.4 is 5.73 Å². The normalized spacial score (nSPS) is 27.8. The standard InChI is InChI=1S/C11H15NO/c12-7-11-6-10(8-13-11)9-4-2-1-3-5-9/h1-5,10-11H,6-8,12H2/t10-,11+/m1/s1. The average Bonchev–Trinajstić information content (AvgIpc) is 2.67. The molecule has 1 aromatic carbocycles. The fourth-order valence-corrected chi connectivity index (χ4v) is 1.83. The SMILES string of the molecule is NC[C@@H]1C[C@@H](c2ccccc2)CO1. The van der Waals surface area contributed by atoms with Gasteiger partial charge in [0.05, 0.1) is 12.7 Å². The predicted octanol–water partition coefficient (Wildman–Crippen LogP) is 1.52. The predicted molar refractivity (Wildman–Crippen MR) is 52.6 cm³/mol. The van der Waals surface area contributed by atoms with E-state index in [1.165, 1.54) is 5.56 Å². The number of benzene rings is 1. The first-order chi connectivity index (χ1) is 6.40. The van der Waals surface area contributed by atoms with Crippen molar-refractivity contribution in [3.63, 3.8) is 0 Å². The van der Waals surface area contributed by atoms with Crippen LogP contribution in [0, 0.1) is 0 Å². The van der Waals surface area contributed by atoms with Crippen molar-refractivity contribution in [1.29, 1.82) is 0 Å². The molecule has 1 aliphatic heterocycles. The molecule has 0 amide bonds. The lowest BCUT2D eigenvalue weighted by Gasteiger charge is -2.07. The van der Waals surface area contributed by atoms with E-state index in [4.69, 9.17) is 10.5 Å². The molecule has 2 heteroatoms. The summed E-state index contributed by atoms with van der Waals surface area (Å²) in [6.07, 6.45) is 1.34. The lowest BCUT2D eigenvalue weighted by Crippen LogP contribution is -2.18. The van der Waals surface area contributed by atoms with Crippen LogP contribution in [-0.4, -0.2) is 19.3 Å². The van der Waals surface area contributed by atoms with Gasteiger partial charge in [0.2, 0.25) is 0 Å². The molecule has 13 heavy (non-hydrogen) atoms. The molecule has 1 fully saturated rings. The van der Waals surface area contributed by atoms with Gasteiger partial charge in [-0.15, -0.1) is 0 Å². The minimum absolute atomic E-state index is 0.269. The number of hydrogen-bond donors (Lipinski definition) is 1. The molecule has 1 heterocycles. The van der Waals surface area contributed by atoms with Gasteiger partial charge >= 0.3 is 0 Å². The largest absolute Gasteiger partial charge is 0.376 e. The summed E-state index contributed by atoms with van der Waals surface area (Å²) < 4.78 is 5.54. The van der Waals surface area contributed by atoms with E-state index < -0.39 is 0 Å². The van der Waals surface area contributed by atoms with Crippen molar-refractivity contribution < 1.29 is 4.74 Å². The van der Waals surface area contributed by atoms with Gasteiger partial charge in [0.15, 0.2) is 0 Å². The molecule has 2 atom stereocenters. The third-order valence-corrected chi connectivity index (χ3v) is 2.61. The number of nitrogens with two attached hydrogens (primary N) is 1. The first-order valence-electron chi connectivity index (χ1n) is 4.76. The second-order valence-electron chi connectivity index (χ2n) is 3.53. The Morgan fingerprint density at radius 2 is 2.08 bits per heavy atom. The highest BCUT2D eigenvalue weighted by Crippen LogP contribution is 2.28. The van der Waals surface area contributed by atoms with Crippen molar-refractivity contribution in [3.05, 3.63) is 35.9 Å². The van der Waals surface area contributed by atoms with E-state index in [1.54, 1.807) is 0 Å². The van der Waals surface area contributed by atoms with E-state index in [2.05, 4.69) is 24.3 Å². The first-order valence-corrected chi connectivity index (χ1v) is 4.76. The minimum atomic E-state index is 0.269. The number of ether oxygens (including phenoxy) is 1. The van der Waals surface area contributed by atoms with Crippen molar-refractivity contribution in [2.75, 3.05) is 13.2 Å². The van der Waals surface area contributed by atoms with Crippen LogP contribution >= 0.6 is 0 Å². The molecule has 70 valence electrons. The second kappa shape index (κ2) is 3.90. The van der Waals surface area contributed by atoms with Gasteiger partial charge in [-0.1, -0.05) is 30.3 Å². The highest BCUT2D eigenvalue weighted by atomic mass is 16.5. The first kappa shape index (κ1) is 8.73. The summed E-state index contributed by atoms with van der Waals surface area (Å²) in [5, 5.41) is 0. The summed E-state index contributed by atoms with van der Waals surface area (Å²) in [6.45, 7) is 1.47. The van der Waals surface area contributed by atoms with Crippen molar-refractivity contribution in [2.45, 2.75) is 18.4 Å². The summed E-state index contributed by atoms with van der Waals surface area (Å²) in [4.78, 5) is 0. The summed E-state index contributed by atoms with van der Waals surface area (Å²) >= 11 is 0. The van der Waals surface area contributed by atoms with Gasteiger partial charge in [0, 0.05) is 12.5 Å². The van der Waals surface area contributed by atoms with Gasteiger partial charge in [-0.05, 0) is 12.0 Å². The maximum atomic E-state index is 5.55. The summed E-state index contributed by atoms with van der Waals surface area (Å²) in [5.41, 5.74) is 6.92. The number of hydrogen-bond acceptors (Lipinski definition) is 2. The van der Waals surface area contributed by atoms with Crippen LogP contribution in [0.25, 0.3) is 0 Å². The summed E-state index contributed by atoms with van der Waals surface area (Å²) in [6, 6.07) is 10.5. The van der Waals surface area contributed by atoms with E-state index in [-0.39, 0.29) is 6.10 Å². The summed E-state index contributed by atoms with van der Waals surface area (Å²) in [7, 11) is 0. The molecule has 0 aromatic heterocycles. The van der Waals surface area contributed by atoms with Crippen LogP contribution in [0.1, 0.15) is 17.9 Å². The van der Waals surface area contributed by atoms with Gasteiger partial charge in [-0.25, -0.2) is 0 Å².